The number of nitrogens with one attached hydrogen (secondary N) is 2. The summed E-state index contributed by atoms with van der Waals surface area (Å²) in [5.74, 6) is -0.560. The molecular weight excluding hydrogens is 535 g/mol. The van der Waals surface area contributed by atoms with Crippen LogP contribution in [0.4, 0.5) is 9.59 Å². The van der Waals surface area contributed by atoms with Gasteiger partial charge in [-0.1, -0.05) is 0 Å². The van der Waals surface area contributed by atoms with Gasteiger partial charge in [-0.15, -0.1) is 11.8 Å². The van der Waals surface area contributed by atoms with Crippen molar-refractivity contribution >= 4 is 37.6 Å². The van der Waals surface area contributed by atoms with E-state index in [0.717, 1.165) is 11.8 Å². The first-order chi connectivity index (χ1) is 17.4. The van der Waals surface area contributed by atoms with Gasteiger partial charge >= 0.3 is 12.1 Å². The summed E-state index contributed by atoms with van der Waals surface area (Å²) >= 11 is 1.15. The third-order valence-corrected chi connectivity index (χ3v) is 10.6. The molecule has 5 amide bonds. The fraction of sp³-hybridized carbons (Fsp3) is 0.750. The standard InChI is InChI=1S/C20H27N4O11PS/c1-8-4-23-13-3-10(26)12(34-13)7-33-36(30,31)35-14-9(6-32-11(14)5-25)24-15-19(2,16(27)21-17(24)28)37-20(8,15)22-18(23)29/h4,9-15,25-26H,3,5-7H2,1-2H3,(H,22,29)(H,30,31)(H,21,27,28)/p-1/t9-,10+,11-,12-,13-,14+,15?,19?,20?/m1/s1. The van der Waals surface area contributed by atoms with Crippen molar-refractivity contribution in [3.63, 3.8) is 0 Å². The molecular formula is C20H26N4O11PS-. The topological polar surface area (TPSA) is 199 Å². The van der Waals surface area contributed by atoms with Crippen LogP contribution in [-0.4, -0.2) is 110 Å². The zero-order valence-electron chi connectivity index (χ0n) is 19.8. The van der Waals surface area contributed by atoms with Gasteiger partial charge in [0.05, 0.1) is 38.0 Å². The fourth-order valence-electron chi connectivity index (χ4n) is 6.01. The summed E-state index contributed by atoms with van der Waals surface area (Å²) in [4.78, 5) is 53.7. The van der Waals surface area contributed by atoms with E-state index < -0.39 is 91.4 Å². The van der Waals surface area contributed by atoms with Crippen LogP contribution in [0.25, 0.3) is 0 Å². The van der Waals surface area contributed by atoms with Gasteiger partial charge in [0.15, 0.2) is 0 Å². The van der Waals surface area contributed by atoms with Crippen molar-refractivity contribution in [3.05, 3.63) is 11.8 Å². The quantitative estimate of drug-likeness (QED) is 0.261. The molecule has 7 heterocycles. The Morgan fingerprint density at radius 3 is 2.78 bits per heavy atom. The first-order valence-electron chi connectivity index (χ1n) is 11.7. The summed E-state index contributed by atoms with van der Waals surface area (Å²) in [7, 11) is -5.07. The first-order valence-corrected chi connectivity index (χ1v) is 14.0. The number of urea groups is 2. The number of thioether (sulfide) groups is 1. The summed E-state index contributed by atoms with van der Waals surface area (Å²) in [6.07, 6.45) is -4.07. The van der Waals surface area contributed by atoms with E-state index in [1.54, 1.807) is 20.0 Å². The number of phosphoric ester groups is 1. The van der Waals surface area contributed by atoms with Crippen LogP contribution in [0.2, 0.25) is 0 Å². The van der Waals surface area contributed by atoms with Gasteiger partial charge in [0.25, 0.3) is 7.82 Å². The van der Waals surface area contributed by atoms with E-state index in [0.29, 0.717) is 5.57 Å². The lowest BCUT2D eigenvalue weighted by molar-refractivity contribution is -0.235. The Bertz CT molecular complexity index is 1140. The molecule has 204 valence electrons. The minimum absolute atomic E-state index is 0.00529. The van der Waals surface area contributed by atoms with E-state index in [4.69, 9.17) is 18.5 Å². The number of ether oxygens (including phenoxy) is 2. The first kappa shape index (κ1) is 25.5. The van der Waals surface area contributed by atoms with Crippen molar-refractivity contribution < 1.29 is 52.6 Å². The van der Waals surface area contributed by atoms with E-state index in [-0.39, 0.29) is 13.0 Å². The molecule has 7 rings (SSSR count). The van der Waals surface area contributed by atoms with Gasteiger partial charge in [0.2, 0.25) is 5.91 Å². The Morgan fingerprint density at radius 1 is 1.30 bits per heavy atom. The number of amides is 5. The maximum absolute atomic E-state index is 13.3. The second-order valence-corrected chi connectivity index (χ2v) is 13.1. The summed E-state index contributed by atoms with van der Waals surface area (Å²) < 4.78 is 33.3. The predicted molar refractivity (Wildman–Crippen MR) is 120 cm³/mol. The molecule has 37 heavy (non-hydrogen) atoms. The highest BCUT2D eigenvalue weighted by Crippen LogP contribution is 2.62. The number of aliphatic hydroxyl groups is 2. The van der Waals surface area contributed by atoms with Gasteiger partial charge in [-0.3, -0.25) is 19.6 Å². The third kappa shape index (κ3) is 3.62. The summed E-state index contributed by atoms with van der Waals surface area (Å²) in [6.45, 7) is 1.95. The fourth-order valence-corrected chi connectivity index (χ4v) is 8.82. The monoisotopic (exact) mass is 561 g/mol. The molecule has 0 radical (unpaired) electrons. The van der Waals surface area contributed by atoms with E-state index in [1.165, 1.54) is 9.80 Å². The lowest BCUT2D eigenvalue weighted by Gasteiger charge is -2.66. The number of carbonyl (C=O) groups excluding carboxylic acids is 3. The Morgan fingerprint density at radius 2 is 2.05 bits per heavy atom. The number of nitrogens with zero attached hydrogens (tertiary/aromatic N) is 2. The molecule has 7 aliphatic rings. The minimum Gasteiger partial charge on any atom is -0.756 e. The molecule has 0 aromatic heterocycles. The van der Waals surface area contributed by atoms with Gasteiger partial charge in [0.1, 0.15) is 34.2 Å². The van der Waals surface area contributed by atoms with E-state index in [2.05, 4.69) is 10.6 Å². The molecule has 10 atom stereocenters. The number of phosphoric acid groups is 1. The van der Waals surface area contributed by atoms with Crippen molar-refractivity contribution in [1.29, 1.82) is 0 Å². The number of aliphatic hydroxyl groups excluding tert-OH is 2. The van der Waals surface area contributed by atoms with Gasteiger partial charge < -0.3 is 43.8 Å². The highest BCUT2D eigenvalue weighted by molar-refractivity contribution is 8.04. The molecule has 15 nitrogen and oxygen atoms in total. The lowest BCUT2D eigenvalue weighted by Crippen LogP contribution is -2.86. The van der Waals surface area contributed by atoms with Crippen molar-refractivity contribution in [2.75, 3.05) is 19.8 Å². The molecule has 1 spiro atoms. The van der Waals surface area contributed by atoms with Crippen LogP contribution in [0, 0.1) is 0 Å². The smallest absolute Gasteiger partial charge is 0.324 e. The molecule has 0 aliphatic carbocycles. The molecule has 4 N–H and O–H groups in total. The minimum atomic E-state index is -5.07. The molecule has 7 aliphatic heterocycles. The van der Waals surface area contributed by atoms with Crippen molar-refractivity contribution in [2.45, 2.75) is 72.6 Å². The number of hydrogen-bond donors (Lipinski definition) is 4. The lowest BCUT2D eigenvalue weighted by atomic mass is 9.81. The zero-order chi connectivity index (χ0) is 26.5. The molecule has 4 unspecified atom stereocenters. The van der Waals surface area contributed by atoms with Crippen LogP contribution in [0.3, 0.4) is 0 Å². The predicted octanol–water partition coefficient (Wildman–Crippen LogP) is -1.84. The Balaban J connectivity index is 1.49. The molecule has 0 aromatic carbocycles. The number of fused-ring (bicyclic) bond motifs is 4. The van der Waals surface area contributed by atoms with Crippen LogP contribution in [0.1, 0.15) is 20.3 Å². The highest BCUT2D eigenvalue weighted by atomic mass is 32.2. The molecule has 17 heteroatoms. The Kier molecular flexibility index (Phi) is 5.78. The average Bonchev–Trinajstić information content (AvgIpc) is 3.38. The third-order valence-electron chi connectivity index (χ3n) is 7.84. The number of carbonyl (C=O) groups is 3. The Labute approximate surface area is 215 Å². The van der Waals surface area contributed by atoms with Gasteiger partial charge in [-0.05, 0) is 19.4 Å². The summed E-state index contributed by atoms with van der Waals surface area (Å²) in [6, 6.07) is -3.41. The Hall–Kier alpha value is -1.75. The molecule has 0 saturated carbocycles. The maximum atomic E-state index is 13.3. The van der Waals surface area contributed by atoms with Crippen molar-refractivity contribution in [2.24, 2.45) is 0 Å². The van der Waals surface area contributed by atoms with E-state index in [9.17, 15) is 34.1 Å². The number of imide groups is 1. The van der Waals surface area contributed by atoms with Gasteiger partial charge in [-0.2, -0.15) is 0 Å². The highest BCUT2D eigenvalue weighted by Gasteiger charge is 2.74. The zero-order valence-corrected chi connectivity index (χ0v) is 21.5. The van der Waals surface area contributed by atoms with E-state index >= 15 is 0 Å². The number of rotatable bonds is 1. The normalized spacial score (nSPS) is 49.3. The van der Waals surface area contributed by atoms with Crippen LogP contribution in [0.5, 0.6) is 0 Å². The van der Waals surface area contributed by atoms with Crippen LogP contribution in [-0.2, 0) is 27.9 Å². The summed E-state index contributed by atoms with van der Waals surface area (Å²) in [5, 5.41) is 25.5. The van der Waals surface area contributed by atoms with Crippen LogP contribution < -0.4 is 15.5 Å². The van der Waals surface area contributed by atoms with Crippen LogP contribution in [0.15, 0.2) is 11.8 Å². The molecule has 5 fully saturated rings. The summed E-state index contributed by atoms with van der Waals surface area (Å²) in [5.41, 5.74) is 0.601. The second kappa shape index (κ2) is 8.37. The molecule has 4 bridgehead atoms. The van der Waals surface area contributed by atoms with Crippen molar-refractivity contribution in [3.8, 4) is 0 Å². The second-order valence-electron chi connectivity index (χ2n) is 10.0. The molecule has 5 saturated heterocycles. The largest absolute Gasteiger partial charge is 0.756 e. The average molecular weight is 561 g/mol. The number of hydrogen-bond acceptors (Lipinski definition) is 12. The van der Waals surface area contributed by atoms with Gasteiger partial charge in [-0.25, -0.2) is 9.59 Å². The van der Waals surface area contributed by atoms with Gasteiger partial charge in [0, 0.05) is 12.6 Å². The van der Waals surface area contributed by atoms with Crippen molar-refractivity contribution in [1.82, 2.24) is 20.4 Å². The SMILES string of the molecule is CC1=CN2C(=O)NC13SC1(C)C(=O)NC(=O)N(C13)[C@@H]1CO[C@H](CO)[C@H]1OP(=O)([O-])OC[C@H]1O[C@@H]2C[C@@H]1O. The van der Waals surface area contributed by atoms with E-state index in [1.807, 2.05) is 0 Å². The van der Waals surface area contributed by atoms with Crippen LogP contribution >= 0.6 is 19.6 Å². The molecule has 0 aromatic rings. The maximum Gasteiger partial charge on any atom is 0.324 e.